The third-order valence-electron chi connectivity index (χ3n) is 2.58. The van der Waals surface area contributed by atoms with E-state index in [2.05, 4.69) is 0 Å². The second-order valence-electron chi connectivity index (χ2n) is 3.88. The molecule has 1 rings (SSSR count). The summed E-state index contributed by atoms with van der Waals surface area (Å²) in [7, 11) is 3.17. The molecular weight excluding hydrogens is 218 g/mol. The zero-order valence-corrected chi connectivity index (χ0v) is 10.3. The van der Waals surface area contributed by atoms with Gasteiger partial charge in [-0.05, 0) is 24.1 Å². The van der Waals surface area contributed by atoms with Crippen LogP contribution in [-0.2, 0) is 16.0 Å². The minimum Gasteiger partial charge on any atom is -0.497 e. The molecule has 0 aliphatic heterocycles. The van der Waals surface area contributed by atoms with Gasteiger partial charge in [0.05, 0.1) is 19.8 Å². The molecule has 0 aliphatic carbocycles. The van der Waals surface area contributed by atoms with Crippen LogP contribution in [0, 0.1) is 0 Å². The molecule has 4 nitrogen and oxygen atoms in total. The fourth-order valence-electron chi connectivity index (χ4n) is 1.52. The van der Waals surface area contributed by atoms with Gasteiger partial charge in [-0.2, -0.15) is 0 Å². The maximum absolute atomic E-state index is 11.6. The summed E-state index contributed by atoms with van der Waals surface area (Å²) < 4.78 is 9.91. The number of ketones is 1. The van der Waals surface area contributed by atoms with Gasteiger partial charge in [-0.15, -0.1) is 0 Å². The SMILES string of the molecule is COCC(N)C(=O)CCc1ccc(OC)cc1. The minimum atomic E-state index is -0.516. The molecule has 0 amide bonds. The van der Waals surface area contributed by atoms with Gasteiger partial charge in [-0.25, -0.2) is 0 Å². The number of carbonyl (C=O) groups is 1. The van der Waals surface area contributed by atoms with Crippen molar-refractivity contribution in [2.75, 3.05) is 20.8 Å². The quantitative estimate of drug-likeness (QED) is 0.773. The van der Waals surface area contributed by atoms with E-state index in [1.807, 2.05) is 24.3 Å². The fraction of sp³-hybridized carbons (Fsp3) is 0.462. The van der Waals surface area contributed by atoms with E-state index in [0.29, 0.717) is 12.8 Å². The summed E-state index contributed by atoms with van der Waals surface area (Å²) in [6.45, 7) is 0.279. The topological polar surface area (TPSA) is 61.5 Å². The maximum atomic E-state index is 11.6. The van der Waals surface area contributed by atoms with E-state index in [1.165, 1.54) is 7.11 Å². The molecule has 1 aromatic rings. The average molecular weight is 237 g/mol. The second-order valence-corrected chi connectivity index (χ2v) is 3.88. The Morgan fingerprint density at radius 2 is 1.94 bits per heavy atom. The molecule has 0 bridgehead atoms. The maximum Gasteiger partial charge on any atom is 0.152 e. The lowest BCUT2D eigenvalue weighted by molar-refractivity contribution is -0.121. The number of ether oxygens (including phenoxy) is 2. The van der Waals surface area contributed by atoms with Crippen LogP contribution in [0.1, 0.15) is 12.0 Å². The van der Waals surface area contributed by atoms with Crippen molar-refractivity contribution in [3.8, 4) is 5.75 Å². The van der Waals surface area contributed by atoms with Crippen LogP contribution in [0.4, 0.5) is 0 Å². The van der Waals surface area contributed by atoms with Crippen LogP contribution in [-0.4, -0.2) is 32.7 Å². The van der Waals surface area contributed by atoms with Gasteiger partial charge in [0.1, 0.15) is 5.75 Å². The number of hydrogen-bond donors (Lipinski definition) is 1. The summed E-state index contributed by atoms with van der Waals surface area (Å²) in [6, 6.07) is 7.16. The van der Waals surface area contributed by atoms with E-state index in [1.54, 1.807) is 7.11 Å². The number of hydrogen-bond acceptors (Lipinski definition) is 4. The molecular formula is C13H19NO3. The Kier molecular flexibility index (Phi) is 5.66. The molecule has 0 aromatic heterocycles. The first-order chi connectivity index (χ1) is 8.17. The highest BCUT2D eigenvalue weighted by Gasteiger charge is 2.12. The molecule has 0 radical (unpaired) electrons. The molecule has 0 spiro atoms. The Morgan fingerprint density at radius 1 is 1.29 bits per heavy atom. The number of benzene rings is 1. The van der Waals surface area contributed by atoms with E-state index in [4.69, 9.17) is 15.2 Å². The standard InChI is InChI=1S/C13H19NO3/c1-16-9-12(14)13(15)8-5-10-3-6-11(17-2)7-4-10/h3-4,6-7,12H,5,8-9,14H2,1-2H3. The molecule has 94 valence electrons. The molecule has 0 saturated carbocycles. The molecule has 1 aromatic carbocycles. The van der Waals surface area contributed by atoms with Gasteiger partial charge in [-0.1, -0.05) is 12.1 Å². The van der Waals surface area contributed by atoms with E-state index < -0.39 is 6.04 Å². The van der Waals surface area contributed by atoms with Gasteiger partial charge in [-0.3, -0.25) is 4.79 Å². The van der Waals surface area contributed by atoms with E-state index in [0.717, 1.165) is 11.3 Å². The summed E-state index contributed by atoms with van der Waals surface area (Å²) >= 11 is 0. The first-order valence-corrected chi connectivity index (χ1v) is 5.57. The molecule has 1 unspecified atom stereocenters. The molecule has 0 heterocycles. The Labute approximate surface area is 102 Å². The summed E-state index contributed by atoms with van der Waals surface area (Å²) in [5, 5.41) is 0. The Bertz CT molecular complexity index is 348. The van der Waals surface area contributed by atoms with Gasteiger partial charge in [0, 0.05) is 13.5 Å². The lowest BCUT2D eigenvalue weighted by Crippen LogP contribution is -2.34. The summed E-state index contributed by atoms with van der Waals surface area (Å²) in [5.74, 6) is 0.846. The van der Waals surface area contributed by atoms with E-state index in [-0.39, 0.29) is 12.4 Å². The number of Topliss-reactive ketones (excluding diaryl/α,β-unsaturated/α-hetero) is 1. The number of methoxy groups -OCH3 is 2. The van der Waals surface area contributed by atoms with Crippen LogP contribution in [0.3, 0.4) is 0 Å². The molecule has 0 fully saturated rings. The van der Waals surface area contributed by atoms with Gasteiger partial charge in [0.15, 0.2) is 5.78 Å². The van der Waals surface area contributed by atoms with Crippen LogP contribution in [0.25, 0.3) is 0 Å². The summed E-state index contributed by atoms with van der Waals surface area (Å²) in [5.41, 5.74) is 6.74. The highest BCUT2D eigenvalue weighted by Crippen LogP contribution is 2.12. The van der Waals surface area contributed by atoms with Crippen molar-refractivity contribution in [1.29, 1.82) is 0 Å². The highest BCUT2D eigenvalue weighted by molar-refractivity contribution is 5.84. The summed E-state index contributed by atoms with van der Waals surface area (Å²) in [6.07, 6.45) is 1.14. The molecule has 17 heavy (non-hydrogen) atoms. The van der Waals surface area contributed by atoms with Gasteiger partial charge >= 0.3 is 0 Å². The molecule has 2 N–H and O–H groups in total. The highest BCUT2D eigenvalue weighted by atomic mass is 16.5. The number of aryl methyl sites for hydroxylation is 1. The zero-order chi connectivity index (χ0) is 12.7. The van der Waals surface area contributed by atoms with E-state index >= 15 is 0 Å². The smallest absolute Gasteiger partial charge is 0.152 e. The third-order valence-corrected chi connectivity index (χ3v) is 2.58. The first kappa shape index (κ1) is 13.7. The Morgan fingerprint density at radius 3 is 2.47 bits per heavy atom. The lowest BCUT2D eigenvalue weighted by atomic mass is 10.0. The van der Waals surface area contributed by atoms with Crippen molar-refractivity contribution in [3.63, 3.8) is 0 Å². The lowest BCUT2D eigenvalue weighted by Gasteiger charge is -2.09. The van der Waals surface area contributed by atoms with Crippen LogP contribution < -0.4 is 10.5 Å². The van der Waals surface area contributed by atoms with Gasteiger partial charge in [0.25, 0.3) is 0 Å². The van der Waals surface area contributed by atoms with Crippen molar-refractivity contribution in [2.45, 2.75) is 18.9 Å². The van der Waals surface area contributed by atoms with Crippen molar-refractivity contribution in [1.82, 2.24) is 0 Å². The number of nitrogens with two attached hydrogens (primary N) is 1. The summed E-state index contributed by atoms with van der Waals surface area (Å²) in [4.78, 5) is 11.6. The number of carbonyl (C=O) groups excluding carboxylic acids is 1. The van der Waals surface area contributed by atoms with Crippen molar-refractivity contribution in [3.05, 3.63) is 29.8 Å². The normalized spacial score (nSPS) is 12.2. The molecule has 0 saturated heterocycles. The molecule has 0 aliphatic rings. The van der Waals surface area contributed by atoms with Gasteiger partial charge in [0.2, 0.25) is 0 Å². The second kappa shape index (κ2) is 7.04. The molecule has 1 atom stereocenters. The predicted octanol–water partition coefficient (Wildman–Crippen LogP) is 1.17. The monoisotopic (exact) mass is 237 g/mol. The van der Waals surface area contributed by atoms with Crippen molar-refractivity contribution >= 4 is 5.78 Å². The Balaban J connectivity index is 2.41. The largest absolute Gasteiger partial charge is 0.497 e. The third kappa shape index (κ3) is 4.54. The van der Waals surface area contributed by atoms with Crippen LogP contribution in [0.2, 0.25) is 0 Å². The first-order valence-electron chi connectivity index (χ1n) is 5.57. The fourth-order valence-corrected chi connectivity index (χ4v) is 1.52. The predicted molar refractivity (Wildman–Crippen MR) is 66.2 cm³/mol. The van der Waals surface area contributed by atoms with E-state index in [9.17, 15) is 4.79 Å². The van der Waals surface area contributed by atoms with Crippen molar-refractivity contribution in [2.24, 2.45) is 5.73 Å². The average Bonchev–Trinajstić information content (AvgIpc) is 2.36. The van der Waals surface area contributed by atoms with Crippen molar-refractivity contribution < 1.29 is 14.3 Å². The van der Waals surface area contributed by atoms with Crippen LogP contribution >= 0.6 is 0 Å². The van der Waals surface area contributed by atoms with Gasteiger partial charge < -0.3 is 15.2 Å². The Hall–Kier alpha value is -1.39. The zero-order valence-electron chi connectivity index (χ0n) is 10.3. The van der Waals surface area contributed by atoms with Crippen LogP contribution in [0.5, 0.6) is 5.75 Å². The molecule has 4 heteroatoms. The van der Waals surface area contributed by atoms with Crippen LogP contribution in [0.15, 0.2) is 24.3 Å². The number of rotatable bonds is 7. The minimum absolute atomic E-state index is 0.0302.